The first-order chi connectivity index (χ1) is 6.34. The van der Waals surface area contributed by atoms with Gasteiger partial charge in [-0.05, 0) is 23.7 Å². The van der Waals surface area contributed by atoms with E-state index in [1.54, 1.807) is 0 Å². The standard InChI is InChI=1S/C8H6ClN3S/c9-7-11-8(13-12-7)10-6-4-2-1-3-5-6/h1-5H,(H,10,11,12). The molecule has 2 aromatic rings. The molecule has 0 spiro atoms. The first-order valence-corrected chi connectivity index (χ1v) is 4.81. The van der Waals surface area contributed by atoms with Crippen molar-refractivity contribution in [2.45, 2.75) is 0 Å². The Kier molecular flexibility index (Phi) is 2.42. The van der Waals surface area contributed by atoms with Gasteiger partial charge in [-0.15, -0.1) is 0 Å². The third kappa shape index (κ3) is 2.17. The fourth-order valence-electron chi connectivity index (χ4n) is 0.901. The number of para-hydroxylation sites is 1. The summed E-state index contributed by atoms with van der Waals surface area (Å²) in [7, 11) is 0. The molecule has 0 aliphatic heterocycles. The lowest BCUT2D eigenvalue weighted by Gasteiger charge is -1.98. The lowest BCUT2D eigenvalue weighted by molar-refractivity contribution is 1.32. The van der Waals surface area contributed by atoms with E-state index in [2.05, 4.69) is 14.7 Å². The SMILES string of the molecule is Clc1nsc(Nc2ccccc2)n1. The summed E-state index contributed by atoms with van der Waals surface area (Å²) in [5, 5.41) is 4.07. The van der Waals surface area contributed by atoms with Crippen molar-refractivity contribution in [2.75, 3.05) is 5.32 Å². The number of nitrogens with one attached hydrogen (secondary N) is 1. The predicted octanol–water partition coefficient (Wildman–Crippen LogP) is 2.94. The topological polar surface area (TPSA) is 37.8 Å². The number of rotatable bonds is 2. The van der Waals surface area contributed by atoms with Gasteiger partial charge < -0.3 is 5.32 Å². The molecule has 0 radical (unpaired) electrons. The monoisotopic (exact) mass is 211 g/mol. The maximum absolute atomic E-state index is 5.57. The first kappa shape index (κ1) is 8.47. The fraction of sp³-hybridized carbons (Fsp3) is 0. The lowest BCUT2D eigenvalue weighted by atomic mass is 10.3. The number of benzene rings is 1. The average Bonchev–Trinajstić information content (AvgIpc) is 2.53. The molecule has 1 aromatic carbocycles. The second-order valence-electron chi connectivity index (χ2n) is 2.36. The van der Waals surface area contributed by atoms with Crippen LogP contribution >= 0.6 is 23.1 Å². The molecule has 13 heavy (non-hydrogen) atoms. The Morgan fingerprint density at radius 1 is 1.23 bits per heavy atom. The number of nitrogens with zero attached hydrogens (tertiary/aromatic N) is 2. The summed E-state index contributed by atoms with van der Waals surface area (Å²) in [6.07, 6.45) is 0. The van der Waals surface area contributed by atoms with Gasteiger partial charge >= 0.3 is 0 Å². The largest absolute Gasteiger partial charge is 0.330 e. The highest BCUT2D eigenvalue weighted by molar-refractivity contribution is 7.10. The summed E-state index contributed by atoms with van der Waals surface area (Å²) in [4.78, 5) is 3.97. The van der Waals surface area contributed by atoms with E-state index in [9.17, 15) is 0 Å². The summed E-state index contributed by atoms with van der Waals surface area (Å²) < 4.78 is 3.85. The first-order valence-electron chi connectivity index (χ1n) is 3.66. The van der Waals surface area contributed by atoms with Gasteiger partial charge in [0.1, 0.15) is 0 Å². The molecule has 0 saturated carbocycles. The molecule has 1 N–H and O–H groups in total. The van der Waals surface area contributed by atoms with Crippen LogP contribution in [0.25, 0.3) is 0 Å². The second-order valence-corrected chi connectivity index (χ2v) is 3.45. The van der Waals surface area contributed by atoms with E-state index in [-0.39, 0.29) is 5.28 Å². The van der Waals surface area contributed by atoms with E-state index in [1.165, 1.54) is 11.5 Å². The molecule has 66 valence electrons. The van der Waals surface area contributed by atoms with Crippen LogP contribution in [0.15, 0.2) is 30.3 Å². The minimum absolute atomic E-state index is 0.281. The van der Waals surface area contributed by atoms with Gasteiger partial charge in [0, 0.05) is 17.2 Å². The second kappa shape index (κ2) is 3.72. The Morgan fingerprint density at radius 2 is 2.00 bits per heavy atom. The molecule has 3 nitrogen and oxygen atoms in total. The molecule has 1 heterocycles. The molecule has 0 amide bonds. The average molecular weight is 212 g/mol. The molecule has 0 aliphatic carbocycles. The van der Waals surface area contributed by atoms with Crippen LogP contribution < -0.4 is 5.32 Å². The van der Waals surface area contributed by atoms with Gasteiger partial charge in [0.15, 0.2) is 0 Å². The van der Waals surface area contributed by atoms with Gasteiger partial charge in [0.2, 0.25) is 10.4 Å². The van der Waals surface area contributed by atoms with E-state index < -0.39 is 0 Å². The van der Waals surface area contributed by atoms with Crippen LogP contribution in [0, 0.1) is 0 Å². The molecule has 5 heteroatoms. The van der Waals surface area contributed by atoms with Crippen LogP contribution in [-0.4, -0.2) is 9.36 Å². The van der Waals surface area contributed by atoms with Crippen molar-refractivity contribution < 1.29 is 0 Å². The van der Waals surface area contributed by atoms with E-state index in [0.717, 1.165) is 5.69 Å². The summed E-state index contributed by atoms with van der Waals surface area (Å²) in [6.45, 7) is 0. The van der Waals surface area contributed by atoms with Gasteiger partial charge in [0.25, 0.3) is 0 Å². The van der Waals surface area contributed by atoms with Crippen molar-refractivity contribution in [1.29, 1.82) is 0 Å². The Bertz CT molecular complexity index is 387. The number of aromatic nitrogens is 2. The Balaban J connectivity index is 2.15. The Morgan fingerprint density at radius 3 is 2.62 bits per heavy atom. The van der Waals surface area contributed by atoms with E-state index in [4.69, 9.17) is 11.6 Å². The van der Waals surface area contributed by atoms with Crippen molar-refractivity contribution in [3.8, 4) is 0 Å². The van der Waals surface area contributed by atoms with Crippen molar-refractivity contribution in [3.05, 3.63) is 35.6 Å². The maximum atomic E-state index is 5.57. The minimum atomic E-state index is 0.281. The van der Waals surface area contributed by atoms with Crippen LogP contribution in [0.4, 0.5) is 10.8 Å². The molecule has 2 rings (SSSR count). The molecular formula is C8H6ClN3S. The highest BCUT2D eigenvalue weighted by Gasteiger charge is 2.00. The van der Waals surface area contributed by atoms with Crippen LogP contribution in [0.3, 0.4) is 0 Å². The Hall–Kier alpha value is -1.13. The zero-order chi connectivity index (χ0) is 9.10. The van der Waals surface area contributed by atoms with E-state index in [1.807, 2.05) is 30.3 Å². The van der Waals surface area contributed by atoms with Crippen LogP contribution in [-0.2, 0) is 0 Å². The number of hydrogen-bond acceptors (Lipinski definition) is 4. The van der Waals surface area contributed by atoms with Crippen molar-refractivity contribution in [3.63, 3.8) is 0 Å². The van der Waals surface area contributed by atoms with Crippen LogP contribution in [0.5, 0.6) is 0 Å². The summed E-state index contributed by atoms with van der Waals surface area (Å²) in [5.74, 6) is 0. The number of halogens is 1. The normalized spacial score (nSPS) is 9.92. The van der Waals surface area contributed by atoms with Crippen molar-refractivity contribution in [2.24, 2.45) is 0 Å². The lowest BCUT2D eigenvalue weighted by Crippen LogP contribution is -1.87. The third-order valence-corrected chi connectivity index (χ3v) is 2.33. The van der Waals surface area contributed by atoms with Crippen molar-refractivity contribution >= 4 is 34.0 Å². The number of anilines is 2. The van der Waals surface area contributed by atoms with Crippen LogP contribution in [0.1, 0.15) is 0 Å². The molecule has 0 aliphatic rings. The zero-order valence-corrected chi connectivity index (χ0v) is 8.14. The van der Waals surface area contributed by atoms with Gasteiger partial charge in [0.05, 0.1) is 0 Å². The van der Waals surface area contributed by atoms with Crippen molar-refractivity contribution in [1.82, 2.24) is 9.36 Å². The molecular weight excluding hydrogens is 206 g/mol. The minimum Gasteiger partial charge on any atom is -0.330 e. The van der Waals surface area contributed by atoms with Gasteiger partial charge in [-0.25, -0.2) is 0 Å². The summed E-state index contributed by atoms with van der Waals surface area (Å²) in [5.41, 5.74) is 0.982. The maximum Gasteiger partial charge on any atom is 0.236 e. The molecule has 0 unspecified atom stereocenters. The van der Waals surface area contributed by atoms with Crippen LogP contribution in [0.2, 0.25) is 5.28 Å². The van der Waals surface area contributed by atoms with E-state index >= 15 is 0 Å². The summed E-state index contributed by atoms with van der Waals surface area (Å²) in [6, 6.07) is 9.76. The van der Waals surface area contributed by atoms with Gasteiger partial charge in [-0.2, -0.15) is 9.36 Å². The number of hydrogen-bond donors (Lipinski definition) is 1. The highest BCUT2D eigenvalue weighted by atomic mass is 35.5. The summed E-state index contributed by atoms with van der Waals surface area (Å²) >= 11 is 6.82. The zero-order valence-electron chi connectivity index (χ0n) is 6.57. The predicted molar refractivity (Wildman–Crippen MR) is 54.6 cm³/mol. The van der Waals surface area contributed by atoms with E-state index in [0.29, 0.717) is 5.13 Å². The molecule has 0 fully saturated rings. The molecule has 0 saturated heterocycles. The Labute approximate surface area is 84.6 Å². The highest BCUT2D eigenvalue weighted by Crippen LogP contribution is 2.19. The molecule has 0 atom stereocenters. The third-order valence-electron chi connectivity index (χ3n) is 1.43. The fourth-order valence-corrected chi connectivity index (χ4v) is 1.63. The van der Waals surface area contributed by atoms with Gasteiger partial charge in [-0.1, -0.05) is 18.2 Å². The molecule has 0 bridgehead atoms. The molecule has 1 aromatic heterocycles. The van der Waals surface area contributed by atoms with Gasteiger partial charge in [-0.3, -0.25) is 0 Å². The quantitative estimate of drug-likeness (QED) is 0.830. The smallest absolute Gasteiger partial charge is 0.236 e.